The largest absolute Gasteiger partial charge is 0.486 e. The molecular weight excluding hydrogens is 336 g/mol. The first-order valence-corrected chi connectivity index (χ1v) is 9.01. The van der Waals surface area contributed by atoms with Crippen LogP contribution in [-0.4, -0.2) is 54.8 Å². The Morgan fingerprint density at radius 2 is 2.04 bits per heavy atom. The number of nitrogens with zero attached hydrogens (tertiary/aromatic N) is 1. The number of nitrogens with one attached hydrogen (secondary N) is 1. The van der Waals surface area contributed by atoms with Gasteiger partial charge in [0.1, 0.15) is 18.8 Å². The zero-order valence-electron chi connectivity index (χ0n) is 15.5. The minimum atomic E-state index is -0.534. The second-order valence-electron chi connectivity index (χ2n) is 7.51. The number of benzene rings is 1. The van der Waals surface area contributed by atoms with Gasteiger partial charge in [0.2, 0.25) is 0 Å². The Morgan fingerprint density at radius 3 is 2.81 bits per heavy atom. The summed E-state index contributed by atoms with van der Waals surface area (Å²) in [4.78, 5) is 26.6. The highest BCUT2D eigenvalue weighted by molar-refractivity contribution is 5.97. The van der Waals surface area contributed by atoms with E-state index in [-0.39, 0.29) is 18.0 Å². The quantitative estimate of drug-likeness (QED) is 0.894. The molecule has 0 aromatic heterocycles. The molecule has 1 aromatic carbocycles. The van der Waals surface area contributed by atoms with Crippen molar-refractivity contribution in [1.29, 1.82) is 0 Å². The average molecular weight is 362 g/mol. The molecular formula is C19H26N2O5. The molecule has 3 rings (SSSR count). The van der Waals surface area contributed by atoms with E-state index in [1.807, 2.05) is 20.8 Å². The van der Waals surface area contributed by atoms with E-state index < -0.39 is 5.60 Å². The number of carbonyl (C=O) groups excluding carboxylic acids is 2. The van der Waals surface area contributed by atoms with Crippen molar-refractivity contribution >= 4 is 12.0 Å². The third-order valence-corrected chi connectivity index (χ3v) is 4.31. The van der Waals surface area contributed by atoms with Gasteiger partial charge in [-0.2, -0.15) is 0 Å². The van der Waals surface area contributed by atoms with Crippen molar-refractivity contribution in [1.82, 2.24) is 10.2 Å². The van der Waals surface area contributed by atoms with Gasteiger partial charge in [0, 0.05) is 13.1 Å². The summed E-state index contributed by atoms with van der Waals surface area (Å²) in [7, 11) is 0. The van der Waals surface area contributed by atoms with Crippen molar-refractivity contribution in [3.8, 4) is 11.5 Å². The fourth-order valence-corrected chi connectivity index (χ4v) is 3.17. The first-order chi connectivity index (χ1) is 12.3. The smallest absolute Gasteiger partial charge is 0.410 e. The maximum absolute atomic E-state index is 12.6. The van der Waals surface area contributed by atoms with Gasteiger partial charge in [-0.1, -0.05) is 6.07 Å². The minimum absolute atomic E-state index is 0.0643. The zero-order valence-corrected chi connectivity index (χ0v) is 15.5. The van der Waals surface area contributed by atoms with Gasteiger partial charge < -0.3 is 24.4 Å². The highest BCUT2D eigenvalue weighted by atomic mass is 16.6. The van der Waals surface area contributed by atoms with Gasteiger partial charge >= 0.3 is 6.09 Å². The van der Waals surface area contributed by atoms with Crippen LogP contribution in [0, 0.1) is 0 Å². The van der Waals surface area contributed by atoms with Crippen LogP contribution >= 0.6 is 0 Å². The lowest BCUT2D eigenvalue weighted by Gasteiger charge is -2.28. The monoisotopic (exact) mass is 362 g/mol. The third kappa shape index (κ3) is 4.20. The summed E-state index contributed by atoms with van der Waals surface area (Å²) in [5.41, 5.74) is -0.0857. The second-order valence-corrected chi connectivity index (χ2v) is 7.51. The van der Waals surface area contributed by atoms with Crippen LogP contribution in [0.3, 0.4) is 0 Å². The van der Waals surface area contributed by atoms with Gasteiger partial charge in [0.15, 0.2) is 11.5 Å². The van der Waals surface area contributed by atoms with Gasteiger partial charge in [0.25, 0.3) is 5.91 Å². The molecule has 7 heteroatoms. The molecule has 0 saturated carbocycles. The van der Waals surface area contributed by atoms with E-state index in [0.717, 1.165) is 12.8 Å². The first-order valence-electron chi connectivity index (χ1n) is 9.01. The van der Waals surface area contributed by atoms with Crippen LogP contribution in [0.5, 0.6) is 11.5 Å². The second kappa shape index (κ2) is 7.43. The fourth-order valence-electron chi connectivity index (χ4n) is 3.17. The van der Waals surface area contributed by atoms with Crippen molar-refractivity contribution in [2.45, 2.75) is 45.3 Å². The first kappa shape index (κ1) is 18.4. The summed E-state index contributed by atoms with van der Waals surface area (Å²) in [5.74, 6) is 0.829. The van der Waals surface area contributed by atoms with E-state index >= 15 is 0 Å². The van der Waals surface area contributed by atoms with Crippen LogP contribution in [-0.2, 0) is 4.74 Å². The summed E-state index contributed by atoms with van der Waals surface area (Å²) in [6, 6.07) is 5.20. The lowest BCUT2D eigenvalue weighted by Crippen LogP contribution is -2.45. The van der Waals surface area contributed by atoms with E-state index in [2.05, 4.69) is 5.32 Å². The van der Waals surface area contributed by atoms with Crippen LogP contribution in [0.15, 0.2) is 18.2 Å². The molecule has 1 aromatic rings. The highest BCUT2D eigenvalue weighted by Crippen LogP contribution is 2.33. The normalized spacial score (nSPS) is 19.2. The predicted molar refractivity (Wildman–Crippen MR) is 95.7 cm³/mol. The van der Waals surface area contributed by atoms with E-state index in [0.29, 0.717) is 43.4 Å². The lowest BCUT2D eigenvalue weighted by molar-refractivity contribution is 0.0225. The van der Waals surface area contributed by atoms with E-state index in [9.17, 15) is 9.59 Å². The van der Waals surface area contributed by atoms with Crippen molar-refractivity contribution in [2.24, 2.45) is 0 Å². The van der Waals surface area contributed by atoms with Crippen molar-refractivity contribution in [3.05, 3.63) is 23.8 Å². The third-order valence-electron chi connectivity index (χ3n) is 4.31. The molecule has 0 radical (unpaired) electrons. The number of fused-ring (bicyclic) bond motifs is 1. The van der Waals surface area contributed by atoms with Crippen LogP contribution in [0.1, 0.15) is 44.0 Å². The van der Waals surface area contributed by atoms with Gasteiger partial charge in [-0.25, -0.2) is 4.79 Å². The molecule has 0 spiro atoms. The Kier molecular flexibility index (Phi) is 5.25. The standard InChI is InChI=1S/C19H26N2O5/c1-19(2,3)26-18(23)21-9-5-6-13(21)12-20-17(22)14-7-4-8-15-16(14)25-11-10-24-15/h4,7-8,13H,5-6,9-12H2,1-3H3,(H,20,22)/t13-/m0/s1. The molecule has 26 heavy (non-hydrogen) atoms. The number of hydrogen-bond acceptors (Lipinski definition) is 5. The average Bonchev–Trinajstić information content (AvgIpc) is 3.06. The maximum atomic E-state index is 12.6. The number of likely N-dealkylation sites (tertiary alicyclic amines) is 1. The molecule has 1 saturated heterocycles. The van der Waals surface area contributed by atoms with Crippen LogP contribution in [0.2, 0.25) is 0 Å². The van der Waals surface area contributed by atoms with Gasteiger partial charge in [-0.15, -0.1) is 0 Å². The number of para-hydroxylation sites is 1. The molecule has 2 heterocycles. The Morgan fingerprint density at radius 1 is 1.27 bits per heavy atom. The molecule has 1 atom stereocenters. The number of carbonyl (C=O) groups is 2. The van der Waals surface area contributed by atoms with Crippen molar-refractivity contribution in [3.63, 3.8) is 0 Å². The summed E-state index contributed by atoms with van der Waals surface area (Å²) in [5, 5.41) is 2.91. The Labute approximate surface area is 153 Å². The Bertz CT molecular complexity index is 683. The molecule has 2 amide bonds. The summed E-state index contributed by atoms with van der Waals surface area (Å²) < 4.78 is 16.6. The lowest BCUT2D eigenvalue weighted by atomic mass is 10.1. The summed E-state index contributed by atoms with van der Waals surface area (Å²) in [6.45, 7) is 7.46. The number of hydrogen-bond donors (Lipinski definition) is 1. The SMILES string of the molecule is CC(C)(C)OC(=O)N1CCC[C@H]1CNC(=O)c1cccc2c1OCCO2. The Hall–Kier alpha value is -2.44. The van der Waals surface area contributed by atoms with Crippen LogP contribution in [0.25, 0.3) is 0 Å². The Balaban J connectivity index is 1.62. The number of rotatable bonds is 3. The number of amides is 2. The molecule has 1 fully saturated rings. The molecule has 2 aliphatic rings. The highest BCUT2D eigenvalue weighted by Gasteiger charge is 2.32. The van der Waals surface area contributed by atoms with Crippen molar-refractivity contribution < 1.29 is 23.8 Å². The maximum Gasteiger partial charge on any atom is 0.410 e. The number of ether oxygens (including phenoxy) is 3. The molecule has 0 unspecified atom stereocenters. The molecule has 1 N–H and O–H groups in total. The van der Waals surface area contributed by atoms with Crippen LogP contribution < -0.4 is 14.8 Å². The van der Waals surface area contributed by atoms with Gasteiger partial charge in [0.05, 0.1) is 11.6 Å². The van der Waals surface area contributed by atoms with Gasteiger partial charge in [-0.3, -0.25) is 4.79 Å². The predicted octanol–water partition coefficient (Wildman–Crippen LogP) is 2.59. The summed E-state index contributed by atoms with van der Waals surface area (Å²) in [6.07, 6.45) is 1.41. The molecule has 7 nitrogen and oxygen atoms in total. The fraction of sp³-hybridized carbons (Fsp3) is 0.579. The molecule has 0 aliphatic carbocycles. The summed E-state index contributed by atoms with van der Waals surface area (Å²) >= 11 is 0. The molecule has 142 valence electrons. The van der Waals surface area contributed by atoms with E-state index in [1.54, 1.807) is 23.1 Å². The van der Waals surface area contributed by atoms with Crippen molar-refractivity contribution in [2.75, 3.05) is 26.3 Å². The van der Waals surface area contributed by atoms with E-state index in [4.69, 9.17) is 14.2 Å². The molecule has 2 aliphatic heterocycles. The van der Waals surface area contributed by atoms with E-state index in [1.165, 1.54) is 0 Å². The van der Waals surface area contributed by atoms with Gasteiger partial charge in [-0.05, 0) is 45.7 Å². The van der Waals surface area contributed by atoms with Crippen LogP contribution in [0.4, 0.5) is 4.79 Å². The zero-order chi connectivity index (χ0) is 18.7. The topological polar surface area (TPSA) is 77.1 Å². The minimum Gasteiger partial charge on any atom is -0.486 e. The molecule has 0 bridgehead atoms.